The minimum atomic E-state index is -4.39. The van der Waals surface area contributed by atoms with Gasteiger partial charge in [0.2, 0.25) is 0 Å². The summed E-state index contributed by atoms with van der Waals surface area (Å²) in [6, 6.07) is 0. The largest absolute Gasteiger partial charge is 0.472 e. The number of allylic oxidation sites excluding steroid dienone is 8. The predicted octanol–water partition coefficient (Wildman–Crippen LogP) is 20.5. The van der Waals surface area contributed by atoms with Gasteiger partial charge in [-0.15, -0.1) is 0 Å². The second kappa shape index (κ2) is 61.2. The molecule has 0 amide bonds. The van der Waals surface area contributed by atoms with Crippen molar-refractivity contribution in [3.05, 3.63) is 48.6 Å². The lowest BCUT2D eigenvalue weighted by molar-refractivity contribution is -0.161. The first kappa shape index (κ1) is 73.0. The second-order valence-corrected chi connectivity index (χ2v) is 23.1. The zero-order chi connectivity index (χ0) is 54.5. The molecule has 0 heterocycles. The van der Waals surface area contributed by atoms with E-state index in [2.05, 4.69) is 62.5 Å². The molecule has 0 bridgehead atoms. The highest BCUT2D eigenvalue weighted by molar-refractivity contribution is 7.47. The molecule has 0 aliphatic heterocycles. The molecular formula is C65H122NO8P. The standard InChI is InChI=1S/C65H122NO8P/c1-3-5-7-9-11-13-15-17-19-21-22-23-24-25-26-27-28-29-30-31-32-33-34-35-36-37-38-39-40-42-44-46-48-50-52-54-56-58-65(68)74-63(62-73-75(69,70)72-60-59-66)61-71-64(67)57-55-53-51-49-47-45-43-41-20-18-16-14-12-10-8-6-4-2/h15,17-18,20-22,24-25,63H,3-14,16,19,23,26-62,66H2,1-2H3,(H,69,70)/b17-15-,20-18-,22-21-,25-24-. The van der Waals surface area contributed by atoms with Crippen molar-refractivity contribution in [3.8, 4) is 0 Å². The van der Waals surface area contributed by atoms with Gasteiger partial charge in [-0.2, -0.15) is 0 Å². The average Bonchev–Trinajstić information content (AvgIpc) is 3.40. The maximum absolute atomic E-state index is 12.7. The van der Waals surface area contributed by atoms with E-state index in [1.54, 1.807) is 0 Å². The number of hydrogen-bond donors (Lipinski definition) is 2. The van der Waals surface area contributed by atoms with E-state index < -0.39 is 26.5 Å². The molecule has 0 saturated heterocycles. The van der Waals surface area contributed by atoms with Crippen molar-refractivity contribution >= 4 is 19.8 Å². The van der Waals surface area contributed by atoms with Crippen LogP contribution in [0.1, 0.15) is 322 Å². The number of unbranched alkanes of at least 4 members (excludes halogenated alkanes) is 40. The molecule has 0 spiro atoms. The van der Waals surface area contributed by atoms with Gasteiger partial charge < -0.3 is 20.1 Å². The fraction of sp³-hybridized carbons (Fsp3) is 0.846. The zero-order valence-corrected chi connectivity index (χ0v) is 50.2. The summed E-state index contributed by atoms with van der Waals surface area (Å²) >= 11 is 0. The Balaban J connectivity index is 3.81. The van der Waals surface area contributed by atoms with Crippen molar-refractivity contribution in [2.24, 2.45) is 5.73 Å². The van der Waals surface area contributed by atoms with Crippen LogP contribution in [0.2, 0.25) is 0 Å². The van der Waals surface area contributed by atoms with Gasteiger partial charge in [0.25, 0.3) is 0 Å². The molecule has 0 aromatic carbocycles. The van der Waals surface area contributed by atoms with Crippen molar-refractivity contribution in [1.82, 2.24) is 0 Å². The fourth-order valence-corrected chi connectivity index (χ4v) is 10.2. The number of carbonyl (C=O) groups is 2. The Morgan fingerprint density at radius 3 is 1.04 bits per heavy atom. The number of hydrogen-bond acceptors (Lipinski definition) is 8. The van der Waals surface area contributed by atoms with Gasteiger partial charge >= 0.3 is 19.8 Å². The van der Waals surface area contributed by atoms with E-state index in [1.165, 1.54) is 231 Å². The first-order valence-electron chi connectivity index (χ1n) is 32.1. The summed E-state index contributed by atoms with van der Waals surface area (Å²) in [5, 5.41) is 0. The number of phosphoric ester groups is 1. The van der Waals surface area contributed by atoms with E-state index in [1.807, 2.05) is 0 Å². The summed E-state index contributed by atoms with van der Waals surface area (Å²) < 4.78 is 33.1. The van der Waals surface area contributed by atoms with Crippen molar-refractivity contribution in [3.63, 3.8) is 0 Å². The predicted molar refractivity (Wildman–Crippen MR) is 321 cm³/mol. The van der Waals surface area contributed by atoms with E-state index in [0.29, 0.717) is 6.42 Å². The van der Waals surface area contributed by atoms with Crippen LogP contribution in [0.3, 0.4) is 0 Å². The topological polar surface area (TPSA) is 134 Å². The smallest absolute Gasteiger partial charge is 0.462 e. The third-order valence-corrected chi connectivity index (χ3v) is 15.2. The third kappa shape index (κ3) is 61.1. The van der Waals surface area contributed by atoms with Crippen LogP contribution in [-0.4, -0.2) is 49.3 Å². The molecule has 0 fully saturated rings. The minimum Gasteiger partial charge on any atom is -0.462 e. The molecule has 440 valence electrons. The summed E-state index contributed by atoms with van der Waals surface area (Å²) in [5.74, 6) is -0.818. The summed E-state index contributed by atoms with van der Waals surface area (Å²) in [6.07, 6.45) is 76.3. The van der Waals surface area contributed by atoms with Crippen LogP contribution >= 0.6 is 7.82 Å². The van der Waals surface area contributed by atoms with Crippen LogP contribution in [0.25, 0.3) is 0 Å². The maximum Gasteiger partial charge on any atom is 0.472 e. The van der Waals surface area contributed by atoms with Gasteiger partial charge in [-0.3, -0.25) is 18.6 Å². The molecule has 75 heavy (non-hydrogen) atoms. The molecule has 2 unspecified atom stereocenters. The Hall–Kier alpha value is -2.03. The van der Waals surface area contributed by atoms with Gasteiger partial charge in [0, 0.05) is 19.4 Å². The van der Waals surface area contributed by atoms with E-state index >= 15 is 0 Å². The first-order valence-corrected chi connectivity index (χ1v) is 33.6. The lowest BCUT2D eigenvalue weighted by Gasteiger charge is -2.19. The average molecular weight is 1080 g/mol. The highest BCUT2D eigenvalue weighted by Gasteiger charge is 2.26. The quantitative estimate of drug-likeness (QED) is 0.0264. The highest BCUT2D eigenvalue weighted by Crippen LogP contribution is 2.43. The van der Waals surface area contributed by atoms with E-state index in [4.69, 9.17) is 24.3 Å². The molecule has 0 aliphatic rings. The summed E-state index contributed by atoms with van der Waals surface area (Å²) in [5.41, 5.74) is 5.39. The minimum absolute atomic E-state index is 0.0541. The highest BCUT2D eigenvalue weighted by atomic mass is 31.2. The van der Waals surface area contributed by atoms with Gasteiger partial charge in [0.05, 0.1) is 13.2 Å². The van der Waals surface area contributed by atoms with Gasteiger partial charge in [-0.25, -0.2) is 4.57 Å². The molecule has 0 aromatic heterocycles. The van der Waals surface area contributed by atoms with Crippen molar-refractivity contribution in [1.29, 1.82) is 0 Å². The number of nitrogens with two attached hydrogens (primary N) is 1. The third-order valence-electron chi connectivity index (χ3n) is 14.2. The number of phosphoric acid groups is 1. The molecule has 10 heteroatoms. The molecule has 0 radical (unpaired) electrons. The monoisotopic (exact) mass is 1080 g/mol. The molecule has 9 nitrogen and oxygen atoms in total. The molecule has 3 N–H and O–H groups in total. The van der Waals surface area contributed by atoms with Gasteiger partial charge in [0.15, 0.2) is 6.10 Å². The molecule has 0 aliphatic carbocycles. The normalized spacial score (nSPS) is 13.3. The number of carbonyl (C=O) groups excluding carboxylic acids is 2. The SMILES string of the molecule is CCCCCCC/C=C\C/C=C\C/C=C\CCCCCCCCCCCCCCCCCCCCCCCCC(=O)OC(COC(=O)CCCCCCCCC/C=C\CCCCCCCC)COP(=O)(O)OCCN. The van der Waals surface area contributed by atoms with Crippen molar-refractivity contribution in [2.75, 3.05) is 26.4 Å². The molecule has 0 aromatic rings. The van der Waals surface area contributed by atoms with Crippen molar-refractivity contribution < 1.29 is 37.6 Å². The Morgan fingerprint density at radius 2 is 0.693 bits per heavy atom. The Labute approximate surface area is 464 Å². The van der Waals surface area contributed by atoms with Crippen LogP contribution in [0, 0.1) is 0 Å². The maximum atomic E-state index is 12.7. The van der Waals surface area contributed by atoms with Gasteiger partial charge in [-0.05, 0) is 77.0 Å². The lowest BCUT2D eigenvalue weighted by atomic mass is 10.0. The zero-order valence-electron chi connectivity index (χ0n) is 49.3. The molecular weight excluding hydrogens is 954 g/mol. The van der Waals surface area contributed by atoms with Crippen LogP contribution in [-0.2, 0) is 32.7 Å². The Morgan fingerprint density at radius 1 is 0.400 bits per heavy atom. The van der Waals surface area contributed by atoms with Crippen molar-refractivity contribution in [2.45, 2.75) is 328 Å². The number of esters is 2. The second-order valence-electron chi connectivity index (χ2n) is 21.6. The summed E-state index contributed by atoms with van der Waals surface area (Å²) in [4.78, 5) is 35.2. The van der Waals surface area contributed by atoms with Crippen LogP contribution in [0.15, 0.2) is 48.6 Å². The van der Waals surface area contributed by atoms with E-state index in [9.17, 15) is 19.0 Å². The van der Waals surface area contributed by atoms with Gasteiger partial charge in [-0.1, -0.05) is 281 Å². The number of rotatable bonds is 61. The summed E-state index contributed by atoms with van der Waals surface area (Å²) in [6.45, 7) is 3.77. The van der Waals surface area contributed by atoms with Crippen LogP contribution < -0.4 is 5.73 Å². The van der Waals surface area contributed by atoms with E-state index in [0.717, 1.165) is 57.8 Å². The molecule has 2 atom stereocenters. The van der Waals surface area contributed by atoms with E-state index in [-0.39, 0.29) is 38.6 Å². The number of ether oxygens (including phenoxy) is 2. The fourth-order valence-electron chi connectivity index (χ4n) is 9.41. The summed E-state index contributed by atoms with van der Waals surface area (Å²) in [7, 11) is -4.39. The van der Waals surface area contributed by atoms with Crippen LogP contribution in [0.4, 0.5) is 0 Å². The molecule has 0 saturated carbocycles. The Bertz CT molecular complexity index is 1370. The molecule has 0 rings (SSSR count). The van der Waals surface area contributed by atoms with Gasteiger partial charge in [0.1, 0.15) is 6.61 Å². The van der Waals surface area contributed by atoms with Crippen LogP contribution in [0.5, 0.6) is 0 Å². The lowest BCUT2D eigenvalue weighted by Crippen LogP contribution is -2.29. The Kier molecular flexibility index (Phi) is 59.5. The first-order chi connectivity index (χ1) is 36.8.